The first kappa shape index (κ1) is 20.4. The Morgan fingerprint density at radius 2 is 1.35 bits per heavy atom. The minimum atomic E-state index is -0.114. The second kappa shape index (κ2) is 6.98. The number of phenolic OH excluding ortho intramolecular Hbond substituents is 1. The Morgan fingerprint density at radius 1 is 0.808 bits per heavy atom. The van der Waals surface area contributed by atoms with Crippen LogP contribution in [0.4, 0.5) is 5.69 Å². The van der Waals surface area contributed by atoms with Crippen LogP contribution >= 0.6 is 0 Å². The Balaban J connectivity index is 2.46. The molecule has 2 heteroatoms. The van der Waals surface area contributed by atoms with Gasteiger partial charge in [0.15, 0.2) is 0 Å². The van der Waals surface area contributed by atoms with Gasteiger partial charge < -0.3 is 10.4 Å². The van der Waals surface area contributed by atoms with Gasteiger partial charge in [-0.2, -0.15) is 0 Å². The van der Waals surface area contributed by atoms with Crippen molar-refractivity contribution < 1.29 is 5.11 Å². The standard InChI is InChI=1S/C24H35NO/c1-15-10-16(2)19(17(3)11-15)14-25-21-13-18(23(4,5)6)12-20(22(21)26)24(7,8)9/h10-13,25-26H,14H2,1-9H3. The monoisotopic (exact) mass is 353 g/mol. The fourth-order valence-corrected chi connectivity index (χ4v) is 3.45. The van der Waals surface area contributed by atoms with Crippen molar-refractivity contribution in [2.45, 2.75) is 79.7 Å². The van der Waals surface area contributed by atoms with Crippen LogP contribution in [0.1, 0.15) is 74.9 Å². The van der Waals surface area contributed by atoms with Gasteiger partial charge in [0, 0.05) is 12.1 Å². The Kier molecular flexibility index (Phi) is 5.46. The highest BCUT2D eigenvalue weighted by Gasteiger charge is 2.25. The number of aryl methyl sites for hydroxylation is 3. The Morgan fingerprint density at radius 3 is 1.81 bits per heavy atom. The molecule has 0 aliphatic rings. The summed E-state index contributed by atoms with van der Waals surface area (Å²) >= 11 is 0. The fourth-order valence-electron chi connectivity index (χ4n) is 3.45. The van der Waals surface area contributed by atoms with Crippen LogP contribution in [0.3, 0.4) is 0 Å². The molecule has 0 fully saturated rings. The predicted molar refractivity (Wildman–Crippen MR) is 113 cm³/mol. The van der Waals surface area contributed by atoms with E-state index in [0.29, 0.717) is 12.3 Å². The number of rotatable bonds is 3. The van der Waals surface area contributed by atoms with Crippen LogP contribution in [0.2, 0.25) is 0 Å². The molecule has 2 rings (SSSR count). The van der Waals surface area contributed by atoms with E-state index in [1.165, 1.54) is 27.8 Å². The first-order valence-corrected chi connectivity index (χ1v) is 9.49. The van der Waals surface area contributed by atoms with Crippen LogP contribution in [-0.2, 0) is 17.4 Å². The van der Waals surface area contributed by atoms with Gasteiger partial charge in [-0.1, -0.05) is 65.3 Å². The van der Waals surface area contributed by atoms with Crippen molar-refractivity contribution in [3.63, 3.8) is 0 Å². The summed E-state index contributed by atoms with van der Waals surface area (Å²) in [7, 11) is 0. The van der Waals surface area contributed by atoms with Gasteiger partial charge in [0.05, 0.1) is 5.69 Å². The van der Waals surface area contributed by atoms with Crippen LogP contribution in [0.5, 0.6) is 5.75 Å². The van der Waals surface area contributed by atoms with E-state index in [-0.39, 0.29) is 10.8 Å². The van der Waals surface area contributed by atoms with Crippen LogP contribution in [-0.4, -0.2) is 5.11 Å². The zero-order valence-corrected chi connectivity index (χ0v) is 18.0. The molecule has 2 N–H and O–H groups in total. The van der Waals surface area contributed by atoms with Gasteiger partial charge in [-0.05, 0) is 59.9 Å². The van der Waals surface area contributed by atoms with Crippen LogP contribution in [0.25, 0.3) is 0 Å². The summed E-state index contributed by atoms with van der Waals surface area (Å²) in [5.41, 5.74) is 8.13. The molecular weight excluding hydrogens is 318 g/mol. The Bertz CT molecular complexity index is 781. The summed E-state index contributed by atoms with van der Waals surface area (Å²) < 4.78 is 0. The van der Waals surface area contributed by atoms with E-state index in [0.717, 1.165) is 11.3 Å². The van der Waals surface area contributed by atoms with Gasteiger partial charge in [-0.15, -0.1) is 0 Å². The summed E-state index contributed by atoms with van der Waals surface area (Å²) in [6.07, 6.45) is 0. The second-order valence-corrected chi connectivity index (χ2v) is 9.65. The third-order valence-corrected chi connectivity index (χ3v) is 5.08. The highest BCUT2D eigenvalue weighted by Crippen LogP contribution is 2.40. The van der Waals surface area contributed by atoms with E-state index in [1.807, 2.05) is 0 Å². The van der Waals surface area contributed by atoms with E-state index in [2.05, 4.69) is 91.9 Å². The van der Waals surface area contributed by atoms with E-state index in [9.17, 15) is 5.11 Å². The third kappa shape index (κ3) is 4.41. The molecular formula is C24H35NO. The molecule has 142 valence electrons. The smallest absolute Gasteiger partial charge is 0.142 e. The lowest BCUT2D eigenvalue weighted by Crippen LogP contribution is -2.17. The summed E-state index contributed by atoms with van der Waals surface area (Å²) in [6.45, 7) is 20.2. The molecule has 0 radical (unpaired) electrons. The van der Waals surface area contributed by atoms with Crippen molar-refractivity contribution in [3.8, 4) is 5.75 Å². The molecule has 0 atom stereocenters. The lowest BCUT2D eigenvalue weighted by Gasteiger charge is -2.28. The molecule has 0 heterocycles. The van der Waals surface area contributed by atoms with Crippen molar-refractivity contribution in [1.29, 1.82) is 0 Å². The molecule has 2 nitrogen and oxygen atoms in total. The maximum absolute atomic E-state index is 10.9. The summed E-state index contributed by atoms with van der Waals surface area (Å²) in [5.74, 6) is 0.368. The minimum absolute atomic E-state index is 0.0276. The lowest BCUT2D eigenvalue weighted by molar-refractivity contribution is 0.446. The van der Waals surface area contributed by atoms with Gasteiger partial charge >= 0.3 is 0 Å². The predicted octanol–water partition coefficient (Wildman–Crippen LogP) is 6.52. The quantitative estimate of drug-likeness (QED) is 0.615. The first-order valence-electron chi connectivity index (χ1n) is 9.49. The number of nitrogens with one attached hydrogen (secondary N) is 1. The summed E-state index contributed by atoms with van der Waals surface area (Å²) in [5, 5.41) is 14.4. The van der Waals surface area contributed by atoms with E-state index in [1.54, 1.807) is 0 Å². The van der Waals surface area contributed by atoms with Gasteiger partial charge in [0.2, 0.25) is 0 Å². The molecule has 2 aromatic rings. The largest absolute Gasteiger partial charge is 0.505 e. The summed E-state index contributed by atoms with van der Waals surface area (Å²) in [4.78, 5) is 0. The van der Waals surface area contributed by atoms with Crippen LogP contribution in [0.15, 0.2) is 24.3 Å². The summed E-state index contributed by atoms with van der Waals surface area (Å²) in [6, 6.07) is 8.69. The first-order chi connectivity index (χ1) is 11.8. The van der Waals surface area contributed by atoms with Crippen LogP contribution < -0.4 is 5.32 Å². The molecule has 0 bridgehead atoms. The van der Waals surface area contributed by atoms with Gasteiger partial charge in [-0.3, -0.25) is 0 Å². The SMILES string of the molecule is Cc1cc(C)c(CNc2cc(C(C)(C)C)cc(C(C)(C)C)c2O)c(C)c1. The number of aromatic hydroxyl groups is 1. The van der Waals surface area contributed by atoms with Gasteiger partial charge in [-0.25, -0.2) is 0 Å². The molecule has 0 aliphatic heterocycles. The molecule has 26 heavy (non-hydrogen) atoms. The Labute approximate surface area is 159 Å². The van der Waals surface area contributed by atoms with E-state index in [4.69, 9.17) is 0 Å². The number of anilines is 1. The Hall–Kier alpha value is -1.96. The molecule has 0 spiro atoms. The average Bonchev–Trinajstić information content (AvgIpc) is 2.45. The topological polar surface area (TPSA) is 32.3 Å². The molecule has 0 unspecified atom stereocenters. The van der Waals surface area contributed by atoms with Crippen molar-refractivity contribution in [2.75, 3.05) is 5.32 Å². The number of benzene rings is 2. The number of hydrogen-bond donors (Lipinski definition) is 2. The van der Waals surface area contributed by atoms with E-state index < -0.39 is 0 Å². The average molecular weight is 354 g/mol. The molecule has 0 amide bonds. The molecule has 0 saturated heterocycles. The normalized spacial score (nSPS) is 12.3. The maximum atomic E-state index is 10.9. The number of phenols is 1. The van der Waals surface area contributed by atoms with Gasteiger partial charge in [0.1, 0.15) is 5.75 Å². The van der Waals surface area contributed by atoms with E-state index >= 15 is 0 Å². The highest BCUT2D eigenvalue weighted by molar-refractivity contribution is 5.64. The van der Waals surface area contributed by atoms with Crippen molar-refractivity contribution >= 4 is 5.69 Å². The minimum Gasteiger partial charge on any atom is -0.505 e. The zero-order chi connectivity index (χ0) is 19.9. The third-order valence-electron chi connectivity index (χ3n) is 5.08. The molecule has 0 aliphatic carbocycles. The molecule has 0 aromatic heterocycles. The highest BCUT2D eigenvalue weighted by atomic mass is 16.3. The second-order valence-electron chi connectivity index (χ2n) is 9.65. The zero-order valence-electron chi connectivity index (χ0n) is 18.0. The van der Waals surface area contributed by atoms with Crippen molar-refractivity contribution in [2.24, 2.45) is 0 Å². The number of hydrogen-bond acceptors (Lipinski definition) is 2. The van der Waals surface area contributed by atoms with Crippen molar-refractivity contribution in [3.05, 3.63) is 57.6 Å². The molecule has 0 saturated carbocycles. The molecule has 2 aromatic carbocycles. The van der Waals surface area contributed by atoms with Gasteiger partial charge in [0.25, 0.3) is 0 Å². The van der Waals surface area contributed by atoms with Crippen LogP contribution in [0, 0.1) is 20.8 Å². The lowest BCUT2D eigenvalue weighted by atomic mass is 9.79. The fraction of sp³-hybridized carbons (Fsp3) is 0.500. The maximum Gasteiger partial charge on any atom is 0.142 e. The van der Waals surface area contributed by atoms with Crippen molar-refractivity contribution in [1.82, 2.24) is 0 Å².